The number of nitrogens with zero attached hydrogens (tertiary/aromatic N) is 4. The third-order valence-corrected chi connectivity index (χ3v) is 7.35. The summed E-state index contributed by atoms with van der Waals surface area (Å²) in [7, 11) is 0. The highest BCUT2D eigenvalue weighted by atomic mass is 19.1. The summed E-state index contributed by atoms with van der Waals surface area (Å²) in [5, 5.41) is 0. The Bertz CT molecular complexity index is 1270. The van der Waals surface area contributed by atoms with E-state index in [2.05, 4.69) is 37.8 Å². The number of benzene rings is 2. The minimum absolute atomic E-state index is 0.127. The third-order valence-electron chi connectivity index (χ3n) is 7.35. The monoisotopic (exact) mass is 490 g/mol. The van der Waals surface area contributed by atoms with Gasteiger partial charge in [-0.05, 0) is 75.4 Å². The van der Waals surface area contributed by atoms with Crippen LogP contribution in [0.25, 0.3) is 0 Å². The maximum absolute atomic E-state index is 14.2. The number of fused-ring (bicyclic) bond motifs is 2. The molecule has 0 aliphatic carbocycles. The Labute approximate surface area is 212 Å². The van der Waals surface area contributed by atoms with Crippen molar-refractivity contribution in [1.29, 1.82) is 0 Å². The molecule has 36 heavy (non-hydrogen) atoms. The number of rotatable bonds is 6. The Hall–Kier alpha value is -3.19. The van der Waals surface area contributed by atoms with E-state index in [9.17, 15) is 9.18 Å². The van der Waals surface area contributed by atoms with Gasteiger partial charge in [0.1, 0.15) is 22.9 Å². The van der Waals surface area contributed by atoms with Crippen LogP contribution >= 0.6 is 0 Å². The first-order chi connectivity index (χ1) is 17.2. The molecular weight excluding hydrogens is 455 g/mol. The van der Waals surface area contributed by atoms with E-state index in [1.807, 2.05) is 38.2 Å². The highest BCUT2D eigenvalue weighted by Gasteiger charge is 2.55. The zero-order valence-corrected chi connectivity index (χ0v) is 21.7. The van der Waals surface area contributed by atoms with Crippen molar-refractivity contribution in [2.45, 2.75) is 77.6 Å². The quantitative estimate of drug-likeness (QED) is 0.407. The summed E-state index contributed by atoms with van der Waals surface area (Å²) in [4.78, 5) is 22.9. The summed E-state index contributed by atoms with van der Waals surface area (Å²) < 4.78 is 21.8. The SMILES string of the molecule is CC(C)Oc1cccc(CN2CC[C@@]3(C[C@@H]2C)c2nc(C(C)C)cn2C(=O)N3c2cccc(F)c2)c1. The molecule has 0 bridgehead atoms. The molecule has 1 saturated heterocycles. The second kappa shape index (κ2) is 9.36. The molecule has 1 aromatic heterocycles. The van der Waals surface area contributed by atoms with Gasteiger partial charge in [-0.1, -0.05) is 32.0 Å². The highest BCUT2D eigenvalue weighted by molar-refractivity contribution is 5.98. The molecule has 3 aromatic rings. The first-order valence-electron chi connectivity index (χ1n) is 12.9. The molecule has 0 unspecified atom stereocenters. The Kier molecular flexibility index (Phi) is 6.37. The standard InChI is InChI=1S/C29H35FN4O2/c1-19(2)26-18-33-27(31-26)29(34(28(33)35)24-10-7-9-23(30)15-24)12-13-32(21(5)16-29)17-22-8-6-11-25(14-22)36-20(3)4/h6-11,14-15,18-21H,12-13,16-17H2,1-5H3/t21-,29+/m0/s1. The number of aromatic nitrogens is 2. The zero-order valence-electron chi connectivity index (χ0n) is 21.7. The first-order valence-corrected chi connectivity index (χ1v) is 12.9. The number of carbonyl (C=O) groups is 1. The lowest BCUT2D eigenvalue weighted by molar-refractivity contribution is 0.0966. The predicted molar refractivity (Wildman–Crippen MR) is 139 cm³/mol. The van der Waals surface area contributed by atoms with E-state index in [0.717, 1.165) is 36.8 Å². The van der Waals surface area contributed by atoms with Gasteiger partial charge in [0.2, 0.25) is 0 Å². The lowest BCUT2D eigenvalue weighted by Gasteiger charge is -2.47. The van der Waals surface area contributed by atoms with Crippen LogP contribution in [0.2, 0.25) is 0 Å². The van der Waals surface area contributed by atoms with Gasteiger partial charge in [0.25, 0.3) is 0 Å². The predicted octanol–water partition coefficient (Wildman–Crippen LogP) is 6.30. The van der Waals surface area contributed by atoms with Crippen LogP contribution in [0.3, 0.4) is 0 Å². The number of imidazole rings is 1. The fraction of sp³-hybridized carbons (Fsp3) is 0.448. The van der Waals surface area contributed by atoms with Gasteiger partial charge in [0, 0.05) is 31.0 Å². The molecule has 3 heterocycles. The van der Waals surface area contributed by atoms with Crippen molar-refractivity contribution < 1.29 is 13.9 Å². The second-order valence-corrected chi connectivity index (χ2v) is 10.7. The van der Waals surface area contributed by atoms with E-state index in [4.69, 9.17) is 9.72 Å². The van der Waals surface area contributed by atoms with Gasteiger partial charge in [-0.2, -0.15) is 0 Å². The number of ether oxygens (including phenoxy) is 1. The van der Waals surface area contributed by atoms with Gasteiger partial charge in [-0.15, -0.1) is 0 Å². The molecule has 0 saturated carbocycles. The maximum Gasteiger partial charge on any atom is 0.335 e. The molecule has 0 radical (unpaired) electrons. The number of hydrogen-bond donors (Lipinski definition) is 0. The molecule has 5 rings (SSSR count). The summed E-state index contributed by atoms with van der Waals surface area (Å²) in [6.45, 7) is 12.0. The number of carbonyl (C=O) groups excluding carboxylic acids is 1. The number of anilines is 1. The second-order valence-electron chi connectivity index (χ2n) is 10.7. The topological polar surface area (TPSA) is 50.6 Å². The van der Waals surface area contributed by atoms with Crippen molar-refractivity contribution in [3.8, 4) is 5.75 Å². The molecule has 7 heteroatoms. The summed E-state index contributed by atoms with van der Waals surface area (Å²) in [6, 6.07) is 14.6. The van der Waals surface area contributed by atoms with Crippen LogP contribution in [0, 0.1) is 5.82 Å². The van der Waals surface area contributed by atoms with Crippen LogP contribution in [0.1, 0.15) is 70.5 Å². The molecule has 1 amide bonds. The minimum Gasteiger partial charge on any atom is -0.491 e. The number of likely N-dealkylation sites (tertiary alicyclic amines) is 1. The van der Waals surface area contributed by atoms with Gasteiger partial charge in [0.05, 0.1) is 11.8 Å². The van der Waals surface area contributed by atoms with Crippen LogP contribution in [-0.4, -0.2) is 39.2 Å². The maximum atomic E-state index is 14.2. The summed E-state index contributed by atoms with van der Waals surface area (Å²) >= 11 is 0. The molecular formula is C29H35FN4O2. The van der Waals surface area contributed by atoms with Crippen molar-refractivity contribution in [1.82, 2.24) is 14.5 Å². The van der Waals surface area contributed by atoms with Crippen LogP contribution < -0.4 is 9.64 Å². The van der Waals surface area contributed by atoms with Crippen molar-refractivity contribution in [2.75, 3.05) is 11.4 Å². The Morgan fingerprint density at radius 2 is 1.92 bits per heavy atom. The molecule has 1 fully saturated rings. The zero-order chi connectivity index (χ0) is 25.6. The summed E-state index contributed by atoms with van der Waals surface area (Å²) in [5.41, 5.74) is 2.07. The Morgan fingerprint density at radius 3 is 2.61 bits per heavy atom. The number of halogens is 1. The van der Waals surface area contributed by atoms with Crippen molar-refractivity contribution in [2.24, 2.45) is 0 Å². The van der Waals surface area contributed by atoms with Crippen LogP contribution in [0.15, 0.2) is 54.7 Å². The lowest BCUT2D eigenvalue weighted by atomic mass is 9.81. The minimum atomic E-state index is -0.615. The van der Waals surface area contributed by atoms with E-state index in [1.54, 1.807) is 15.5 Å². The molecule has 6 nitrogen and oxygen atoms in total. The number of amides is 1. The van der Waals surface area contributed by atoms with E-state index < -0.39 is 5.54 Å². The Balaban J connectivity index is 1.46. The van der Waals surface area contributed by atoms with E-state index in [-0.39, 0.29) is 29.9 Å². The van der Waals surface area contributed by atoms with Gasteiger partial charge >= 0.3 is 6.03 Å². The van der Waals surface area contributed by atoms with Gasteiger partial charge in [-0.25, -0.2) is 14.2 Å². The molecule has 2 aliphatic heterocycles. The van der Waals surface area contributed by atoms with Crippen LogP contribution in [0.5, 0.6) is 5.75 Å². The molecule has 2 aliphatic rings. The van der Waals surface area contributed by atoms with E-state index in [0.29, 0.717) is 12.1 Å². The molecule has 2 atom stereocenters. The van der Waals surface area contributed by atoms with Crippen LogP contribution in [0.4, 0.5) is 14.9 Å². The first kappa shape index (κ1) is 24.5. The third kappa shape index (κ3) is 4.30. The fourth-order valence-corrected chi connectivity index (χ4v) is 5.65. The lowest BCUT2D eigenvalue weighted by Crippen LogP contribution is -2.55. The Morgan fingerprint density at radius 1 is 1.14 bits per heavy atom. The fourth-order valence-electron chi connectivity index (χ4n) is 5.65. The smallest absolute Gasteiger partial charge is 0.335 e. The summed E-state index contributed by atoms with van der Waals surface area (Å²) in [6.07, 6.45) is 3.42. The summed E-state index contributed by atoms with van der Waals surface area (Å²) in [5.74, 6) is 1.52. The van der Waals surface area contributed by atoms with Gasteiger partial charge in [-0.3, -0.25) is 14.4 Å². The molecule has 1 spiro atoms. The number of hydrogen-bond acceptors (Lipinski definition) is 4. The van der Waals surface area contributed by atoms with E-state index in [1.165, 1.54) is 17.7 Å². The van der Waals surface area contributed by atoms with Gasteiger partial charge in [0.15, 0.2) is 0 Å². The average Bonchev–Trinajstić information content (AvgIpc) is 3.35. The van der Waals surface area contributed by atoms with Gasteiger partial charge < -0.3 is 4.74 Å². The average molecular weight is 491 g/mol. The largest absolute Gasteiger partial charge is 0.491 e. The van der Waals surface area contributed by atoms with E-state index >= 15 is 0 Å². The molecule has 2 aromatic carbocycles. The molecule has 190 valence electrons. The van der Waals surface area contributed by atoms with Crippen molar-refractivity contribution >= 4 is 11.7 Å². The highest BCUT2D eigenvalue weighted by Crippen LogP contribution is 2.48. The normalized spacial score (nSPS) is 22.2. The molecule has 0 N–H and O–H groups in total. The van der Waals surface area contributed by atoms with Crippen LogP contribution in [-0.2, 0) is 12.1 Å². The number of piperidine rings is 1. The van der Waals surface area contributed by atoms with Crippen molar-refractivity contribution in [3.05, 3.63) is 77.6 Å². The van der Waals surface area contributed by atoms with Crippen molar-refractivity contribution in [3.63, 3.8) is 0 Å².